The van der Waals surface area contributed by atoms with Gasteiger partial charge in [-0.2, -0.15) is 0 Å². The van der Waals surface area contributed by atoms with E-state index in [4.69, 9.17) is 0 Å². The first-order valence-corrected chi connectivity index (χ1v) is 12.1. The lowest BCUT2D eigenvalue weighted by atomic mass is 9.56. The van der Waals surface area contributed by atoms with Crippen molar-refractivity contribution in [3.63, 3.8) is 0 Å². The van der Waals surface area contributed by atoms with Crippen LogP contribution in [-0.2, 0) is 0 Å². The fourth-order valence-corrected chi connectivity index (χ4v) is 6.50. The molecule has 3 aliphatic carbocycles. The summed E-state index contributed by atoms with van der Waals surface area (Å²) < 4.78 is 0. The quantitative estimate of drug-likeness (QED) is 0.482. The minimum absolute atomic E-state index is 0.158. The van der Waals surface area contributed by atoms with Crippen molar-refractivity contribution >= 4 is 28.8 Å². The number of fused-ring (bicyclic) bond motifs is 3. The molecule has 1 spiro atoms. The average Bonchev–Trinajstić information content (AvgIpc) is 3.27. The van der Waals surface area contributed by atoms with E-state index in [1.807, 2.05) is 36.1 Å². The number of ketones is 4. The number of carbonyl (C=O) groups excluding carboxylic acids is 4. The van der Waals surface area contributed by atoms with E-state index >= 15 is 0 Å². The number of allylic oxidation sites excluding steroid dienone is 1. The molecule has 3 aromatic rings. The predicted octanol–water partition coefficient (Wildman–Crippen LogP) is 5.30. The molecule has 7 rings (SSSR count). The summed E-state index contributed by atoms with van der Waals surface area (Å²) in [6, 6.07) is 20.8. The number of anilines is 1. The number of carbonyl (C=O) groups is 4. The van der Waals surface area contributed by atoms with Gasteiger partial charge < -0.3 is 4.90 Å². The predicted molar refractivity (Wildman–Crippen MR) is 134 cm³/mol. The molecule has 3 aromatic carbocycles. The summed E-state index contributed by atoms with van der Waals surface area (Å²) in [6.45, 7) is 1.98. The molecule has 5 nitrogen and oxygen atoms in total. The zero-order valence-electron chi connectivity index (χ0n) is 19.6. The average molecular weight is 472 g/mol. The first-order chi connectivity index (χ1) is 17.4. The lowest BCUT2D eigenvalue weighted by Gasteiger charge is -2.46. The number of rotatable bonds is 1. The molecular weight excluding hydrogens is 450 g/mol. The van der Waals surface area contributed by atoms with Crippen LogP contribution in [0.2, 0.25) is 0 Å². The molecule has 2 unspecified atom stereocenters. The van der Waals surface area contributed by atoms with Crippen LogP contribution >= 0.6 is 0 Å². The van der Waals surface area contributed by atoms with E-state index in [0.717, 1.165) is 11.3 Å². The summed E-state index contributed by atoms with van der Waals surface area (Å²) in [5, 5.41) is 0. The molecule has 1 heterocycles. The van der Waals surface area contributed by atoms with Crippen molar-refractivity contribution in [2.24, 2.45) is 5.41 Å². The molecule has 2 atom stereocenters. The van der Waals surface area contributed by atoms with Gasteiger partial charge in [-0.1, -0.05) is 66.2 Å². The van der Waals surface area contributed by atoms with Crippen molar-refractivity contribution in [3.05, 3.63) is 124 Å². The highest BCUT2D eigenvalue weighted by Crippen LogP contribution is 2.58. The van der Waals surface area contributed by atoms with E-state index < -0.39 is 11.5 Å². The third-order valence-corrected chi connectivity index (χ3v) is 8.19. The second-order valence-electron chi connectivity index (χ2n) is 9.96. The van der Waals surface area contributed by atoms with Crippen LogP contribution in [0.4, 0.5) is 5.69 Å². The van der Waals surface area contributed by atoms with E-state index in [9.17, 15) is 19.2 Å². The largest absolute Gasteiger partial charge is 0.338 e. The molecule has 0 saturated heterocycles. The van der Waals surface area contributed by atoms with Gasteiger partial charge in [0.1, 0.15) is 0 Å². The maximum atomic E-state index is 14.3. The molecule has 0 saturated carbocycles. The zero-order valence-corrected chi connectivity index (χ0v) is 19.6. The Balaban J connectivity index is 1.52. The summed E-state index contributed by atoms with van der Waals surface area (Å²) in [4.78, 5) is 57.6. The molecule has 36 heavy (non-hydrogen) atoms. The normalized spacial score (nSPS) is 24.1. The number of aryl methyl sites for hydroxylation is 1. The summed E-state index contributed by atoms with van der Waals surface area (Å²) in [6.07, 6.45) is 2.31. The standard InChI is InChI=1S/C31H21NO4/c1-17-10-12-18(13-11-17)32-16-24-27(34)21-8-4-5-9-22(21)30(36)31(24)15-14-23-25(29(31)32)28(35)20-7-3-2-6-19(20)26(23)33/h2-13,16,29H,14-15H2,1H3. The maximum Gasteiger partial charge on any atom is 0.192 e. The molecule has 0 fully saturated rings. The van der Waals surface area contributed by atoms with Crippen molar-refractivity contribution < 1.29 is 19.2 Å². The van der Waals surface area contributed by atoms with Gasteiger partial charge in [0.05, 0.1) is 11.5 Å². The fraction of sp³-hybridized carbons (Fsp3) is 0.161. The number of hydrogen-bond acceptors (Lipinski definition) is 5. The monoisotopic (exact) mass is 471 g/mol. The molecule has 5 heteroatoms. The number of benzene rings is 3. The van der Waals surface area contributed by atoms with Crippen LogP contribution in [0, 0.1) is 12.3 Å². The van der Waals surface area contributed by atoms with Crippen LogP contribution in [-0.4, -0.2) is 29.2 Å². The molecule has 0 bridgehead atoms. The number of nitrogens with zero attached hydrogens (tertiary/aromatic N) is 1. The van der Waals surface area contributed by atoms with Gasteiger partial charge >= 0.3 is 0 Å². The summed E-state index contributed by atoms with van der Waals surface area (Å²) in [5.74, 6) is -0.754. The molecule has 0 radical (unpaired) electrons. The van der Waals surface area contributed by atoms with Gasteiger partial charge in [-0.05, 0) is 31.9 Å². The molecule has 0 N–H and O–H groups in total. The van der Waals surface area contributed by atoms with Crippen molar-refractivity contribution in [1.29, 1.82) is 0 Å². The van der Waals surface area contributed by atoms with Gasteiger partial charge in [0.25, 0.3) is 0 Å². The van der Waals surface area contributed by atoms with Gasteiger partial charge in [0, 0.05) is 50.9 Å². The third kappa shape index (κ3) is 2.44. The Morgan fingerprint density at radius 3 is 1.97 bits per heavy atom. The van der Waals surface area contributed by atoms with Crippen LogP contribution in [0.3, 0.4) is 0 Å². The van der Waals surface area contributed by atoms with Gasteiger partial charge in [0.2, 0.25) is 0 Å². The molecule has 174 valence electrons. The topological polar surface area (TPSA) is 71.5 Å². The molecule has 4 aliphatic rings. The van der Waals surface area contributed by atoms with Crippen molar-refractivity contribution in [2.75, 3.05) is 4.90 Å². The fourth-order valence-electron chi connectivity index (χ4n) is 6.50. The Morgan fingerprint density at radius 1 is 0.722 bits per heavy atom. The van der Waals surface area contributed by atoms with E-state index in [2.05, 4.69) is 0 Å². The Labute approximate surface area is 207 Å². The minimum Gasteiger partial charge on any atom is -0.338 e. The van der Waals surface area contributed by atoms with E-state index in [1.54, 1.807) is 54.7 Å². The Morgan fingerprint density at radius 2 is 1.31 bits per heavy atom. The maximum absolute atomic E-state index is 14.3. The van der Waals surface area contributed by atoms with Crippen LogP contribution in [0.25, 0.3) is 0 Å². The molecule has 0 aromatic heterocycles. The summed E-state index contributed by atoms with van der Waals surface area (Å²) in [5.41, 5.74) is 3.35. The van der Waals surface area contributed by atoms with Gasteiger partial charge in [-0.15, -0.1) is 0 Å². The number of hydrogen-bond donors (Lipinski definition) is 0. The van der Waals surface area contributed by atoms with Gasteiger partial charge in [-0.25, -0.2) is 0 Å². The summed E-state index contributed by atoms with van der Waals surface area (Å²) >= 11 is 0. The summed E-state index contributed by atoms with van der Waals surface area (Å²) in [7, 11) is 0. The van der Waals surface area contributed by atoms with Crippen LogP contribution in [0.5, 0.6) is 0 Å². The van der Waals surface area contributed by atoms with Gasteiger partial charge in [0.15, 0.2) is 23.1 Å². The SMILES string of the molecule is Cc1ccc(N2C=C3C(=O)c4ccccc4C(=O)C34CCC3=C(C(=O)c5ccccc5C3=O)C24)cc1. The second-order valence-corrected chi connectivity index (χ2v) is 9.96. The molecule has 1 aliphatic heterocycles. The molecular formula is C31H21NO4. The van der Waals surface area contributed by atoms with E-state index in [-0.39, 0.29) is 29.6 Å². The second kappa shape index (κ2) is 7.08. The smallest absolute Gasteiger partial charge is 0.192 e. The van der Waals surface area contributed by atoms with E-state index in [0.29, 0.717) is 45.4 Å². The van der Waals surface area contributed by atoms with E-state index in [1.165, 1.54) is 0 Å². The van der Waals surface area contributed by atoms with Gasteiger partial charge in [-0.3, -0.25) is 19.2 Å². The van der Waals surface area contributed by atoms with Crippen LogP contribution < -0.4 is 4.90 Å². The van der Waals surface area contributed by atoms with Crippen molar-refractivity contribution in [1.82, 2.24) is 0 Å². The lowest BCUT2D eigenvalue weighted by molar-refractivity contribution is 0.0737. The highest BCUT2D eigenvalue weighted by molar-refractivity contribution is 6.31. The first-order valence-electron chi connectivity index (χ1n) is 12.1. The van der Waals surface area contributed by atoms with Crippen LogP contribution in [0.1, 0.15) is 59.8 Å². The lowest BCUT2D eigenvalue weighted by Crippen LogP contribution is -2.55. The Hall–Kier alpha value is -4.38. The third-order valence-electron chi connectivity index (χ3n) is 8.19. The zero-order chi connectivity index (χ0) is 24.8. The van der Waals surface area contributed by atoms with Crippen molar-refractivity contribution in [2.45, 2.75) is 25.8 Å². The van der Waals surface area contributed by atoms with Crippen LogP contribution in [0.15, 0.2) is 95.7 Å². The first kappa shape index (κ1) is 20.9. The Kier molecular flexibility index (Phi) is 4.12. The molecule has 0 amide bonds. The Bertz CT molecular complexity index is 1620. The van der Waals surface area contributed by atoms with Crippen molar-refractivity contribution in [3.8, 4) is 0 Å². The number of Topliss-reactive ketones (excluding diaryl/α,β-unsaturated/α-hetero) is 4. The highest BCUT2D eigenvalue weighted by Gasteiger charge is 2.64. The minimum atomic E-state index is -1.22. The highest BCUT2D eigenvalue weighted by atomic mass is 16.2.